The summed E-state index contributed by atoms with van der Waals surface area (Å²) in [6.07, 6.45) is 12.5. The van der Waals surface area contributed by atoms with Gasteiger partial charge in [0.2, 0.25) is 5.89 Å². The third kappa shape index (κ3) is 7.90. The third-order valence-corrected chi connectivity index (χ3v) is 7.70. The normalized spacial score (nSPS) is 28.3. The van der Waals surface area contributed by atoms with Crippen LogP contribution in [0.15, 0.2) is 40.1 Å². The zero-order valence-electron chi connectivity index (χ0n) is 25.4. The summed E-state index contributed by atoms with van der Waals surface area (Å²) < 4.78 is 20.6. The molecule has 0 aromatic carbocycles. The number of nitrogens with zero attached hydrogens (tertiary/aromatic N) is 4. The predicted octanol–water partition coefficient (Wildman–Crippen LogP) is 5.22. The summed E-state index contributed by atoms with van der Waals surface area (Å²) in [4.78, 5) is 46.9. The fourth-order valence-corrected chi connectivity index (χ4v) is 6.22. The fraction of sp³-hybridized carbons (Fsp3) is 0.700. The molecule has 2 amide bonds. The van der Waals surface area contributed by atoms with Crippen molar-refractivity contribution in [2.45, 2.75) is 134 Å². The molecule has 0 radical (unpaired) electrons. The second-order valence-corrected chi connectivity index (χ2v) is 13.4. The Labute approximate surface area is 246 Å². The van der Waals surface area contributed by atoms with Gasteiger partial charge in [-0.1, -0.05) is 0 Å². The number of fused-ring (bicyclic) bond motifs is 4. The van der Waals surface area contributed by atoms with Crippen molar-refractivity contribution in [3.63, 3.8) is 0 Å². The molecule has 12 heteroatoms. The van der Waals surface area contributed by atoms with E-state index in [2.05, 4.69) is 14.4 Å². The first-order valence-corrected chi connectivity index (χ1v) is 14.6. The maximum Gasteiger partial charge on any atom is 0.410 e. The minimum absolute atomic E-state index is 0.0181. The molecule has 232 valence electrons. The van der Waals surface area contributed by atoms with E-state index < -0.39 is 16.8 Å². The highest BCUT2D eigenvalue weighted by Crippen LogP contribution is 2.45. The van der Waals surface area contributed by atoms with Gasteiger partial charge in [-0.25, -0.2) is 19.6 Å². The van der Waals surface area contributed by atoms with Gasteiger partial charge in [-0.05, 0) is 67.2 Å². The first-order valence-electron chi connectivity index (χ1n) is 14.6. The summed E-state index contributed by atoms with van der Waals surface area (Å²) in [5.41, 5.74) is -2.04. The molecular weight excluding hydrogens is 544 g/mol. The van der Waals surface area contributed by atoms with Gasteiger partial charge in [0.1, 0.15) is 35.1 Å². The number of aromatic nitrogens is 2. The van der Waals surface area contributed by atoms with Gasteiger partial charge in [0, 0.05) is 49.9 Å². The molecule has 4 saturated heterocycles. The van der Waals surface area contributed by atoms with E-state index in [4.69, 9.17) is 13.9 Å². The number of oxazole rings is 2. The van der Waals surface area contributed by atoms with Crippen LogP contribution in [0, 0.1) is 0 Å². The molecule has 4 aliphatic heterocycles. The average Bonchev–Trinajstić information content (AvgIpc) is 3.66. The minimum Gasteiger partial charge on any atom is -0.452 e. The van der Waals surface area contributed by atoms with E-state index in [1.807, 2.05) is 41.5 Å². The van der Waals surface area contributed by atoms with E-state index in [-0.39, 0.29) is 42.1 Å². The Morgan fingerprint density at radius 1 is 0.857 bits per heavy atom. The molecular formula is C30H44N4O8. The van der Waals surface area contributed by atoms with Crippen LogP contribution >= 0.6 is 0 Å². The van der Waals surface area contributed by atoms with Crippen molar-refractivity contribution in [1.29, 1.82) is 0 Å². The smallest absolute Gasteiger partial charge is 0.410 e. The van der Waals surface area contributed by atoms with Crippen molar-refractivity contribution in [2.24, 2.45) is 0 Å². The predicted molar refractivity (Wildman–Crippen MR) is 150 cm³/mol. The number of amides is 2. The van der Waals surface area contributed by atoms with Gasteiger partial charge in [-0.15, -0.1) is 0 Å². The van der Waals surface area contributed by atoms with E-state index in [0.29, 0.717) is 31.6 Å². The summed E-state index contributed by atoms with van der Waals surface area (Å²) in [6, 6.07) is 0.133. The highest BCUT2D eigenvalue weighted by atomic mass is 16.6. The maximum atomic E-state index is 12.4. The SMILES string of the molecule is CC(C)(C)OC(=O)N1C2CCC1CC(=O)C2.CC(C)(C)OC(=O)N1C2CCC1CC(O)(c1ncco1)C2.c1cocn1. The Balaban J connectivity index is 0.000000170. The van der Waals surface area contributed by atoms with Gasteiger partial charge in [-0.2, -0.15) is 0 Å². The quantitative estimate of drug-likeness (QED) is 0.470. The van der Waals surface area contributed by atoms with Crippen molar-refractivity contribution in [2.75, 3.05) is 0 Å². The van der Waals surface area contributed by atoms with Crippen molar-refractivity contribution >= 4 is 18.0 Å². The van der Waals surface area contributed by atoms with Crippen LogP contribution in [0.1, 0.15) is 98.8 Å². The van der Waals surface area contributed by atoms with Crippen molar-refractivity contribution in [1.82, 2.24) is 19.8 Å². The number of hydrogen-bond acceptors (Lipinski definition) is 10. The Morgan fingerprint density at radius 3 is 1.74 bits per heavy atom. The number of aliphatic hydroxyl groups is 1. The van der Waals surface area contributed by atoms with Crippen LogP contribution in [0.2, 0.25) is 0 Å². The van der Waals surface area contributed by atoms with Crippen molar-refractivity contribution < 1.29 is 37.8 Å². The molecule has 42 heavy (non-hydrogen) atoms. The van der Waals surface area contributed by atoms with Crippen LogP contribution < -0.4 is 0 Å². The first-order chi connectivity index (χ1) is 19.7. The van der Waals surface area contributed by atoms with Gasteiger partial charge in [0.15, 0.2) is 6.39 Å². The van der Waals surface area contributed by atoms with E-state index in [0.717, 1.165) is 25.7 Å². The number of rotatable bonds is 1. The number of Topliss-reactive ketones (excluding diaryl/α,β-unsaturated/α-hetero) is 1. The van der Waals surface area contributed by atoms with Gasteiger partial charge in [0.25, 0.3) is 0 Å². The monoisotopic (exact) mass is 588 g/mol. The van der Waals surface area contributed by atoms with Crippen molar-refractivity contribution in [3.05, 3.63) is 37.2 Å². The molecule has 12 nitrogen and oxygen atoms in total. The fourth-order valence-electron chi connectivity index (χ4n) is 6.22. The highest BCUT2D eigenvalue weighted by Gasteiger charge is 2.53. The Bertz CT molecular complexity index is 1140. The van der Waals surface area contributed by atoms with Crippen LogP contribution in [0.25, 0.3) is 0 Å². The molecule has 0 saturated carbocycles. The first kappa shape index (κ1) is 31.5. The molecule has 2 aromatic heterocycles. The molecule has 2 aromatic rings. The molecule has 4 atom stereocenters. The second kappa shape index (κ2) is 12.4. The minimum atomic E-state index is -1.08. The number of ketones is 1. The lowest BCUT2D eigenvalue weighted by Crippen LogP contribution is -2.53. The van der Waals surface area contributed by atoms with E-state index >= 15 is 0 Å². The Kier molecular flexibility index (Phi) is 9.34. The molecule has 4 unspecified atom stereocenters. The molecule has 4 fully saturated rings. The summed E-state index contributed by atoms with van der Waals surface area (Å²) in [5, 5.41) is 10.8. The molecule has 4 aliphatic rings. The number of ether oxygens (including phenoxy) is 2. The van der Waals surface area contributed by atoms with Gasteiger partial charge >= 0.3 is 12.2 Å². The summed E-state index contributed by atoms with van der Waals surface area (Å²) in [7, 11) is 0. The topological polar surface area (TPSA) is 148 Å². The van der Waals surface area contributed by atoms with Crippen molar-refractivity contribution in [3.8, 4) is 0 Å². The van der Waals surface area contributed by atoms with Crippen LogP contribution in [0.3, 0.4) is 0 Å². The maximum absolute atomic E-state index is 12.4. The summed E-state index contributed by atoms with van der Waals surface area (Å²) >= 11 is 0. The molecule has 1 N–H and O–H groups in total. The molecule has 4 bridgehead atoms. The van der Waals surface area contributed by atoms with Crippen LogP contribution in [0.5, 0.6) is 0 Å². The van der Waals surface area contributed by atoms with Crippen LogP contribution in [-0.2, 0) is 19.9 Å². The Hall–Kier alpha value is -3.41. The number of hydrogen-bond donors (Lipinski definition) is 1. The lowest BCUT2D eigenvalue weighted by molar-refractivity contribution is -0.123. The average molecular weight is 589 g/mol. The summed E-state index contributed by atoms with van der Waals surface area (Å²) in [6.45, 7) is 11.2. The van der Waals surface area contributed by atoms with Gasteiger partial charge < -0.3 is 33.2 Å². The van der Waals surface area contributed by atoms with E-state index in [1.54, 1.807) is 16.0 Å². The van der Waals surface area contributed by atoms with Crippen LogP contribution in [-0.4, -0.2) is 78.2 Å². The zero-order valence-corrected chi connectivity index (χ0v) is 25.4. The lowest BCUT2D eigenvalue weighted by Gasteiger charge is -2.42. The second-order valence-electron chi connectivity index (χ2n) is 13.4. The van der Waals surface area contributed by atoms with Crippen LogP contribution in [0.4, 0.5) is 9.59 Å². The van der Waals surface area contributed by atoms with Gasteiger partial charge in [0.05, 0.1) is 12.4 Å². The van der Waals surface area contributed by atoms with Gasteiger partial charge in [-0.3, -0.25) is 4.79 Å². The Morgan fingerprint density at radius 2 is 1.36 bits per heavy atom. The number of piperidine rings is 2. The standard InChI is InChI=1S/C15H22N2O4.C12H19NO3.C3H3NO/c1-14(2,3)21-13(18)17-10-4-5-11(17)9-15(19,8-10)12-16-6-7-20-12;1-12(2,3)16-11(15)13-8-4-5-9(13)7-10(14)6-8;1-2-5-3-4-1/h6-7,10-11,19H,4-5,8-9H2,1-3H3;8-9H,4-7H2,1-3H3;1-3H. The molecule has 0 aliphatic carbocycles. The van der Waals surface area contributed by atoms with E-state index in [1.165, 1.54) is 25.1 Å². The molecule has 6 rings (SSSR count). The number of carbonyl (C=O) groups is 3. The zero-order chi connectivity index (χ0) is 30.7. The van der Waals surface area contributed by atoms with E-state index in [9.17, 15) is 19.5 Å². The molecule has 6 heterocycles. The lowest BCUT2D eigenvalue weighted by atomic mass is 9.86. The summed E-state index contributed by atoms with van der Waals surface area (Å²) in [5.74, 6) is 0.635. The molecule has 0 spiro atoms. The third-order valence-electron chi connectivity index (χ3n) is 7.70. The number of carbonyl (C=O) groups excluding carboxylic acids is 3. The highest BCUT2D eigenvalue weighted by molar-refractivity contribution is 5.83. The largest absolute Gasteiger partial charge is 0.452 e.